The van der Waals surface area contributed by atoms with Crippen molar-refractivity contribution in [3.8, 4) is 0 Å². The van der Waals surface area contributed by atoms with E-state index in [2.05, 4.69) is 6.92 Å². The second-order valence-electron chi connectivity index (χ2n) is 7.32. The van der Waals surface area contributed by atoms with Gasteiger partial charge in [-0.2, -0.15) is 0 Å². The third kappa shape index (κ3) is 2.21. The van der Waals surface area contributed by atoms with Gasteiger partial charge in [0.05, 0.1) is 0 Å². The first kappa shape index (κ1) is 13.8. The summed E-state index contributed by atoms with van der Waals surface area (Å²) >= 11 is 0. The first-order valence-corrected chi connectivity index (χ1v) is 7.80. The SMILES string of the molecule is CC(=O)C=C(C)C(=O)OC1(C)C2CC3CC(C2)CC1C3. The van der Waals surface area contributed by atoms with E-state index in [1.165, 1.54) is 45.1 Å². The highest BCUT2D eigenvalue weighted by molar-refractivity contribution is 5.98. The van der Waals surface area contributed by atoms with Gasteiger partial charge < -0.3 is 4.74 Å². The third-order valence-corrected chi connectivity index (χ3v) is 5.81. The van der Waals surface area contributed by atoms with Gasteiger partial charge in [-0.25, -0.2) is 4.79 Å². The minimum absolute atomic E-state index is 0.102. The summed E-state index contributed by atoms with van der Waals surface area (Å²) in [6, 6.07) is 0. The van der Waals surface area contributed by atoms with Crippen molar-refractivity contribution < 1.29 is 14.3 Å². The van der Waals surface area contributed by atoms with Crippen LogP contribution >= 0.6 is 0 Å². The number of ketones is 1. The van der Waals surface area contributed by atoms with Gasteiger partial charge in [0.25, 0.3) is 0 Å². The Morgan fingerprint density at radius 2 is 1.50 bits per heavy atom. The van der Waals surface area contributed by atoms with Gasteiger partial charge in [0.1, 0.15) is 5.60 Å². The van der Waals surface area contributed by atoms with Crippen LogP contribution in [0.5, 0.6) is 0 Å². The van der Waals surface area contributed by atoms with Crippen LogP contribution in [0.2, 0.25) is 0 Å². The third-order valence-electron chi connectivity index (χ3n) is 5.81. The van der Waals surface area contributed by atoms with E-state index in [9.17, 15) is 9.59 Å². The minimum atomic E-state index is -0.310. The zero-order valence-electron chi connectivity index (χ0n) is 12.6. The van der Waals surface area contributed by atoms with E-state index < -0.39 is 0 Å². The van der Waals surface area contributed by atoms with Gasteiger partial charge in [0.2, 0.25) is 0 Å². The Morgan fingerprint density at radius 3 is 1.95 bits per heavy atom. The molecule has 4 bridgehead atoms. The molecule has 3 nitrogen and oxygen atoms in total. The van der Waals surface area contributed by atoms with Crippen LogP contribution in [0.1, 0.15) is 52.9 Å². The second-order valence-corrected chi connectivity index (χ2v) is 7.32. The molecule has 4 aliphatic carbocycles. The van der Waals surface area contributed by atoms with Crippen LogP contribution in [-0.4, -0.2) is 17.4 Å². The molecule has 4 saturated carbocycles. The van der Waals surface area contributed by atoms with Crippen LogP contribution < -0.4 is 0 Å². The van der Waals surface area contributed by atoms with Crippen molar-refractivity contribution in [2.45, 2.75) is 58.5 Å². The van der Waals surface area contributed by atoms with Crippen LogP contribution in [0, 0.1) is 23.7 Å². The molecule has 0 aromatic rings. The first-order valence-electron chi connectivity index (χ1n) is 7.80. The molecule has 0 heterocycles. The van der Waals surface area contributed by atoms with Crippen molar-refractivity contribution in [3.05, 3.63) is 11.6 Å². The summed E-state index contributed by atoms with van der Waals surface area (Å²) in [6.07, 6.45) is 7.62. The van der Waals surface area contributed by atoms with E-state index in [4.69, 9.17) is 4.74 Å². The minimum Gasteiger partial charge on any atom is -0.455 e. The van der Waals surface area contributed by atoms with E-state index in [0.29, 0.717) is 17.4 Å². The number of carbonyl (C=O) groups is 2. The summed E-state index contributed by atoms with van der Waals surface area (Å²) in [5, 5.41) is 0. The Labute approximate surface area is 120 Å². The molecule has 0 unspecified atom stereocenters. The molecule has 20 heavy (non-hydrogen) atoms. The zero-order valence-corrected chi connectivity index (χ0v) is 12.6. The van der Waals surface area contributed by atoms with Gasteiger partial charge in [-0.3, -0.25) is 4.79 Å². The van der Waals surface area contributed by atoms with Crippen molar-refractivity contribution in [3.63, 3.8) is 0 Å². The second kappa shape index (κ2) is 4.71. The highest BCUT2D eigenvalue weighted by Gasteiger charge is 2.57. The molecule has 4 aliphatic rings. The summed E-state index contributed by atoms with van der Waals surface area (Å²) in [6.45, 7) is 5.25. The Hall–Kier alpha value is -1.12. The number of esters is 1. The average molecular weight is 276 g/mol. The van der Waals surface area contributed by atoms with Crippen LogP contribution in [0.15, 0.2) is 11.6 Å². The van der Waals surface area contributed by atoms with E-state index in [1.807, 2.05) is 0 Å². The monoisotopic (exact) mass is 276 g/mol. The maximum absolute atomic E-state index is 12.2. The molecule has 0 spiro atoms. The highest BCUT2D eigenvalue weighted by Crippen LogP contribution is 2.59. The van der Waals surface area contributed by atoms with Crippen molar-refractivity contribution in [1.82, 2.24) is 0 Å². The number of hydrogen-bond acceptors (Lipinski definition) is 3. The zero-order chi connectivity index (χ0) is 14.5. The fraction of sp³-hybridized carbons (Fsp3) is 0.765. The van der Waals surface area contributed by atoms with Crippen molar-refractivity contribution in [1.29, 1.82) is 0 Å². The molecule has 3 heteroatoms. The molecular formula is C17H24O3. The first-order chi connectivity index (χ1) is 9.38. The van der Waals surface area contributed by atoms with Crippen LogP contribution in [0.3, 0.4) is 0 Å². The van der Waals surface area contributed by atoms with E-state index >= 15 is 0 Å². The van der Waals surface area contributed by atoms with Gasteiger partial charge in [-0.1, -0.05) is 0 Å². The van der Waals surface area contributed by atoms with E-state index in [0.717, 1.165) is 11.8 Å². The Kier molecular flexibility index (Phi) is 3.26. The highest BCUT2D eigenvalue weighted by atomic mass is 16.6. The topological polar surface area (TPSA) is 43.4 Å². The predicted octanol–water partition coefficient (Wildman–Crippen LogP) is 3.28. The summed E-state index contributed by atoms with van der Waals surface area (Å²) in [5.41, 5.74) is 0.115. The number of rotatable bonds is 3. The molecule has 0 atom stereocenters. The molecule has 0 amide bonds. The lowest BCUT2D eigenvalue weighted by Gasteiger charge is -2.59. The molecular weight excluding hydrogens is 252 g/mol. The normalized spacial score (nSPS) is 42.6. The molecule has 110 valence electrons. The molecule has 0 aromatic heterocycles. The molecule has 0 N–H and O–H groups in total. The van der Waals surface area contributed by atoms with Gasteiger partial charge in [-0.15, -0.1) is 0 Å². The van der Waals surface area contributed by atoms with Crippen molar-refractivity contribution in [2.24, 2.45) is 23.7 Å². The molecule has 0 aliphatic heterocycles. The number of hydrogen-bond donors (Lipinski definition) is 0. The largest absolute Gasteiger partial charge is 0.455 e. The Morgan fingerprint density at radius 1 is 1.00 bits per heavy atom. The van der Waals surface area contributed by atoms with Crippen LogP contribution in [-0.2, 0) is 14.3 Å². The Balaban J connectivity index is 1.76. The van der Waals surface area contributed by atoms with Gasteiger partial charge in [-0.05, 0) is 82.6 Å². The average Bonchev–Trinajstić information content (AvgIpc) is 2.34. The summed E-state index contributed by atoms with van der Waals surface area (Å²) in [5.74, 6) is 2.35. The molecule has 0 aromatic carbocycles. The number of ether oxygens (including phenoxy) is 1. The van der Waals surface area contributed by atoms with Gasteiger partial charge in [0, 0.05) is 5.57 Å². The lowest BCUT2D eigenvalue weighted by Crippen LogP contribution is -2.58. The van der Waals surface area contributed by atoms with Gasteiger partial charge >= 0.3 is 5.97 Å². The fourth-order valence-electron chi connectivity index (χ4n) is 4.93. The number of allylic oxidation sites excluding steroid dienone is 1. The van der Waals surface area contributed by atoms with Crippen LogP contribution in [0.25, 0.3) is 0 Å². The maximum atomic E-state index is 12.2. The summed E-state index contributed by atoms with van der Waals surface area (Å²) < 4.78 is 5.92. The predicted molar refractivity (Wildman–Crippen MR) is 76.0 cm³/mol. The number of carbonyl (C=O) groups excluding carboxylic acids is 2. The maximum Gasteiger partial charge on any atom is 0.334 e. The van der Waals surface area contributed by atoms with E-state index in [-0.39, 0.29) is 17.4 Å². The molecule has 0 radical (unpaired) electrons. The standard InChI is InChI=1S/C17H24O3/c1-10(4-11(2)18)16(19)20-17(3)14-6-12-5-13(8-14)9-15(17)7-12/h4,12-15H,5-9H2,1-3H3. The van der Waals surface area contributed by atoms with Crippen molar-refractivity contribution >= 4 is 11.8 Å². The quantitative estimate of drug-likeness (QED) is 0.587. The lowest BCUT2D eigenvalue weighted by molar-refractivity contribution is -0.199. The smallest absolute Gasteiger partial charge is 0.334 e. The molecule has 0 saturated heterocycles. The van der Waals surface area contributed by atoms with Crippen molar-refractivity contribution in [2.75, 3.05) is 0 Å². The van der Waals surface area contributed by atoms with Gasteiger partial charge in [0.15, 0.2) is 5.78 Å². The molecule has 4 rings (SSSR count). The molecule has 4 fully saturated rings. The summed E-state index contributed by atoms with van der Waals surface area (Å²) in [7, 11) is 0. The Bertz CT molecular complexity index is 447. The lowest BCUT2D eigenvalue weighted by atomic mass is 9.50. The van der Waals surface area contributed by atoms with Crippen LogP contribution in [0.4, 0.5) is 0 Å². The fourth-order valence-corrected chi connectivity index (χ4v) is 4.93. The van der Waals surface area contributed by atoms with E-state index in [1.54, 1.807) is 6.92 Å². The summed E-state index contributed by atoms with van der Waals surface area (Å²) in [4.78, 5) is 23.3.